The van der Waals surface area contributed by atoms with Gasteiger partial charge in [0.15, 0.2) is 0 Å². The molecular formula is C24H31N3O4S. The van der Waals surface area contributed by atoms with E-state index in [2.05, 4.69) is 10.0 Å². The van der Waals surface area contributed by atoms with Crippen LogP contribution in [0.4, 0.5) is 5.69 Å². The summed E-state index contributed by atoms with van der Waals surface area (Å²) in [6.07, 6.45) is 1.37. The van der Waals surface area contributed by atoms with Crippen molar-refractivity contribution in [2.24, 2.45) is 11.8 Å². The largest absolute Gasteiger partial charge is 0.341 e. The van der Waals surface area contributed by atoms with Crippen LogP contribution >= 0.6 is 0 Å². The molecule has 1 saturated heterocycles. The number of rotatable bonds is 7. The Kier molecular flexibility index (Phi) is 7.69. The average Bonchev–Trinajstić information content (AvgIpc) is 2.78. The lowest BCUT2D eigenvalue weighted by atomic mass is 9.95. The van der Waals surface area contributed by atoms with Gasteiger partial charge in [-0.3, -0.25) is 9.59 Å². The lowest BCUT2D eigenvalue weighted by Gasteiger charge is -2.35. The fourth-order valence-corrected chi connectivity index (χ4v) is 5.12. The van der Waals surface area contributed by atoms with E-state index in [1.54, 1.807) is 17.0 Å². The van der Waals surface area contributed by atoms with Gasteiger partial charge in [0.1, 0.15) is 6.04 Å². The first kappa shape index (κ1) is 23.9. The van der Waals surface area contributed by atoms with Crippen LogP contribution < -0.4 is 10.0 Å². The summed E-state index contributed by atoms with van der Waals surface area (Å²) in [7, 11) is -3.85. The van der Waals surface area contributed by atoms with Crippen molar-refractivity contribution in [2.75, 3.05) is 18.4 Å². The summed E-state index contributed by atoms with van der Waals surface area (Å²) in [4.78, 5) is 27.8. The molecule has 32 heavy (non-hydrogen) atoms. The van der Waals surface area contributed by atoms with E-state index in [0.717, 1.165) is 5.56 Å². The fourth-order valence-electron chi connectivity index (χ4n) is 3.78. The van der Waals surface area contributed by atoms with Crippen molar-refractivity contribution in [3.05, 3.63) is 60.2 Å². The van der Waals surface area contributed by atoms with Crippen molar-refractivity contribution < 1.29 is 18.0 Å². The molecule has 172 valence electrons. The van der Waals surface area contributed by atoms with Crippen molar-refractivity contribution in [3.8, 4) is 0 Å². The third-order valence-corrected chi connectivity index (χ3v) is 7.15. The molecule has 2 aromatic rings. The SMILES string of the molecule is Cc1ccc(S(=O)(=O)NC(C(=O)N2CCCC(C(=O)Nc3ccccc3)C2)C(C)C)cc1. The summed E-state index contributed by atoms with van der Waals surface area (Å²) < 4.78 is 28.3. The number of nitrogens with one attached hydrogen (secondary N) is 2. The number of hydrogen-bond acceptors (Lipinski definition) is 4. The van der Waals surface area contributed by atoms with E-state index < -0.39 is 16.1 Å². The van der Waals surface area contributed by atoms with Crippen LogP contribution in [-0.4, -0.2) is 44.3 Å². The predicted octanol–water partition coefficient (Wildman–Crippen LogP) is 3.18. The van der Waals surface area contributed by atoms with Crippen molar-refractivity contribution in [1.82, 2.24) is 9.62 Å². The van der Waals surface area contributed by atoms with Crippen molar-refractivity contribution >= 4 is 27.5 Å². The molecule has 1 aliphatic heterocycles. The zero-order valence-corrected chi connectivity index (χ0v) is 19.6. The molecule has 0 saturated carbocycles. The standard InChI is InChI=1S/C24H31N3O4S/c1-17(2)22(26-32(30,31)21-13-11-18(3)12-14-21)24(29)27-15-7-8-19(16-27)23(28)25-20-9-5-4-6-10-20/h4-6,9-14,17,19,22,26H,7-8,15-16H2,1-3H3,(H,25,28). The zero-order valence-electron chi connectivity index (χ0n) is 18.7. The van der Waals surface area contributed by atoms with Crippen molar-refractivity contribution in [1.29, 1.82) is 0 Å². The number of carbonyl (C=O) groups excluding carboxylic acids is 2. The summed E-state index contributed by atoms with van der Waals surface area (Å²) in [6.45, 7) is 6.27. The van der Waals surface area contributed by atoms with Gasteiger partial charge in [-0.1, -0.05) is 49.7 Å². The number of likely N-dealkylation sites (tertiary alicyclic amines) is 1. The molecule has 2 amide bonds. The second-order valence-corrected chi connectivity index (χ2v) is 10.3. The third kappa shape index (κ3) is 5.95. The Morgan fingerprint density at radius 1 is 1.03 bits per heavy atom. The number of hydrogen-bond donors (Lipinski definition) is 2. The lowest BCUT2D eigenvalue weighted by molar-refractivity contribution is -0.137. The Hall–Kier alpha value is -2.71. The van der Waals surface area contributed by atoms with Crippen LogP contribution in [0.5, 0.6) is 0 Å². The van der Waals surface area contributed by atoms with Crippen molar-refractivity contribution in [2.45, 2.75) is 44.6 Å². The van der Waals surface area contributed by atoms with E-state index in [1.165, 1.54) is 12.1 Å². The van der Waals surface area contributed by atoms with Gasteiger partial charge in [0.05, 0.1) is 10.8 Å². The number of benzene rings is 2. The van der Waals surface area contributed by atoms with Crippen LogP contribution in [-0.2, 0) is 19.6 Å². The van der Waals surface area contributed by atoms with E-state index in [0.29, 0.717) is 25.1 Å². The fraction of sp³-hybridized carbons (Fsp3) is 0.417. The highest BCUT2D eigenvalue weighted by Gasteiger charge is 2.35. The molecule has 1 aliphatic rings. The summed E-state index contributed by atoms with van der Waals surface area (Å²) >= 11 is 0. The zero-order chi connectivity index (χ0) is 23.3. The molecule has 0 aliphatic carbocycles. The molecule has 0 bridgehead atoms. The first-order valence-electron chi connectivity index (χ1n) is 10.9. The number of para-hydroxylation sites is 1. The Morgan fingerprint density at radius 2 is 1.69 bits per heavy atom. The van der Waals surface area contributed by atoms with Crippen LogP contribution in [0.2, 0.25) is 0 Å². The molecule has 0 radical (unpaired) electrons. The molecule has 7 nitrogen and oxygen atoms in total. The molecule has 3 rings (SSSR count). The second kappa shape index (κ2) is 10.3. The number of nitrogens with zero attached hydrogens (tertiary/aromatic N) is 1. The number of amides is 2. The molecule has 1 fully saturated rings. The molecule has 2 N–H and O–H groups in total. The van der Waals surface area contributed by atoms with Crippen molar-refractivity contribution in [3.63, 3.8) is 0 Å². The summed E-state index contributed by atoms with van der Waals surface area (Å²) in [5.41, 5.74) is 1.67. The smallest absolute Gasteiger partial charge is 0.241 e. The maximum Gasteiger partial charge on any atom is 0.241 e. The number of anilines is 1. The Morgan fingerprint density at radius 3 is 2.31 bits per heavy atom. The topological polar surface area (TPSA) is 95.6 Å². The summed E-state index contributed by atoms with van der Waals surface area (Å²) in [6, 6.07) is 14.8. The monoisotopic (exact) mass is 457 g/mol. The van der Waals surface area contributed by atoms with E-state index in [1.807, 2.05) is 51.1 Å². The maximum absolute atomic E-state index is 13.3. The number of aryl methyl sites for hydroxylation is 1. The van der Waals surface area contributed by atoms with E-state index in [9.17, 15) is 18.0 Å². The van der Waals surface area contributed by atoms with Gasteiger partial charge in [-0.15, -0.1) is 0 Å². The molecule has 2 unspecified atom stereocenters. The van der Waals surface area contributed by atoms with Gasteiger partial charge in [0, 0.05) is 18.8 Å². The maximum atomic E-state index is 13.3. The quantitative estimate of drug-likeness (QED) is 0.668. The van der Waals surface area contributed by atoms with Gasteiger partial charge in [0.25, 0.3) is 0 Å². The Bertz CT molecular complexity index is 1040. The molecule has 0 aromatic heterocycles. The summed E-state index contributed by atoms with van der Waals surface area (Å²) in [5, 5.41) is 2.90. The van der Waals surface area contributed by atoms with Gasteiger partial charge in [0.2, 0.25) is 21.8 Å². The molecule has 8 heteroatoms. The molecule has 2 atom stereocenters. The Balaban J connectivity index is 1.70. The summed E-state index contributed by atoms with van der Waals surface area (Å²) in [5.74, 6) is -1.02. The molecule has 0 spiro atoms. The van der Waals surface area contributed by atoms with E-state index >= 15 is 0 Å². The Labute approximate surface area is 190 Å². The highest BCUT2D eigenvalue weighted by Crippen LogP contribution is 2.21. The first-order valence-corrected chi connectivity index (χ1v) is 12.4. The minimum absolute atomic E-state index is 0.125. The number of piperidine rings is 1. The van der Waals surface area contributed by atoms with Crippen LogP contribution in [0.1, 0.15) is 32.3 Å². The van der Waals surface area contributed by atoms with Gasteiger partial charge in [-0.2, -0.15) is 4.72 Å². The molecular weight excluding hydrogens is 426 g/mol. The minimum Gasteiger partial charge on any atom is -0.341 e. The number of sulfonamides is 1. The van der Waals surface area contributed by atoms with E-state index in [-0.39, 0.29) is 35.1 Å². The molecule has 1 heterocycles. The molecule has 2 aromatic carbocycles. The van der Waals surface area contributed by atoms with Crippen LogP contribution in [0, 0.1) is 18.8 Å². The van der Waals surface area contributed by atoms with Gasteiger partial charge in [-0.25, -0.2) is 8.42 Å². The number of carbonyl (C=O) groups is 2. The van der Waals surface area contributed by atoms with Crippen LogP contribution in [0.25, 0.3) is 0 Å². The van der Waals surface area contributed by atoms with Crippen LogP contribution in [0.15, 0.2) is 59.5 Å². The first-order chi connectivity index (χ1) is 15.2. The third-order valence-electron chi connectivity index (χ3n) is 5.69. The van der Waals surface area contributed by atoms with Crippen LogP contribution in [0.3, 0.4) is 0 Å². The highest BCUT2D eigenvalue weighted by atomic mass is 32.2. The lowest BCUT2D eigenvalue weighted by Crippen LogP contribution is -2.54. The highest BCUT2D eigenvalue weighted by molar-refractivity contribution is 7.89. The van der Waals surface area contributed by atoms with E-state index in [4.69, 9.17) is 0 Å². The normalized spacial score (nSPS) is 17.8. The minimum atomic E-state index is -3.85. The van der Waals surface area contributed by atoms with Gasteiger partial charge in [-0.05, 0) is 49.9 Å². The second-order valence-electron chi connectivity index (χ2n) is 8.63. The predicted molar refractivity (Wildman–Crippen MR) is 125 cm³/mol. The van der Waals surface area contributed by atoms with Gasteiger partial charge >= 0.3 is 0 Å². The average molecular weight is 458 g/mol. The van der Waals surface area contributed by atoms with Gasteiger partial charge < -0.3 is 10.2 Å².